The van der Waals surface area contributed by atoms with Crippen molar-refractivity contribution in [2.45, 2.75) is 37.6 Å². The molecule has 1 saturated heterocycles. The topological polar surface area (TPSA) is 81.9 Å². The number of rotatable bonds is 5. The quantitative estimate of drug-likeness (QED) is 0.882. The molecule has 2 rings (SSSR count). The van der Waals surface area contributed by atoms with Gasteiger partial charge in [0, 0.05) is 25.2 Å². The summed E-state index contributed by atoms with van der Waals surface area (Å²) >= 11 is 0. The van der Waals surface area contributed by atoms with Crippen LogP contribution in [0.1, 0.15) is 25.3 Å². The summed E-state index contributed by atoms with van der Waals surface area (Å²) in [5.41, 5.74) is 6.58. The summed E-state index contributed by atoms with van der Waals surface area (Å²) < 4.78 is 37.9. The van der Waals surface area contributed by atoms with Crippen LogP contribution in [0, 0.1) is 12.8 Å². The number of hydrogen-bond donors (Lipinski definition) is 1. The number of methoxy groups -OCH3 is 2. The van der Waals surface area contributed by atoms with E-state index < -0.39 is 10.0 Å². The molecule has 0 aliphatic carbocycles. The van der Waals surface area contributed by atoms with Gasteiger partial charge in [-0.2, -0.15) is 4.31 Å². The summed E-state index contributed by atoms with van der Waals surface area (Å²) in [7, 11) is -0.513. The van der Waals surface area contributed by atoms with Gasteiger partial charge < -0.3 is 15.2 Å². The van der Waals surface area contributed by atoms with E-state index in [0.29, 0.717) is 36.1 Å². The van der Waals surface area contributed by atoms with Crippen molar-refractivity contribution in [1.82, 2.24) is 4.31 Å². The second-order valence-electron chi connectivity index (χ2n) is 6.07. The lowest BCUT2D eigenvalue weighted by Gasteiger charge is -2.33. The minimum Gasteiger partial charge on any atom is -0.493 e. The molecule has 2 N–H and O–H groups in total. The third kappa shape index (κ3) is 3.62. The monoisotopic (exact) mass is 342 g/mol. The molecule has 1 aliphatic rings. The molecule has 1 atom stereocenters. The standard InChI is InChI=1S/C16H26N2O4S/c1-11-9-14(21-3)15(22-4)10-16(11)23(19,20)18-7-5-13(6-8-18)12(2)17/h9-10,12-13H,5-8,17H2,1-4H3. The Morgan fingerprint density at radius 2 is 1.70 bits per heavy atom. The van der Waals surface area contributed by atoms with Crippen molar-refractivity contribution in [2.75, 3.05) is 27.3 Å². The molecule has 130 valence electrons. The summed E-state index contributed by atoms with van der Waals surface area (Å²) in [6, 6.07) is 3.34. The smallest absolute Gasteiger partial charge is 0.243 e. The zero-order chi connectivity index (χ0) is 17.2. The molecule has 1 fully saturated rings. The summed E-state index contributed by atoms with van der Waals surface area (Å²) in [5.74, 6) is 1.33. The predicted octanol–water partition coefficient (Wildman–Crippen LogP) is 1.76. The highest BCUT2D eigenvalue weighted by Gasteiger charge is 2.32. The fourth-order valence-electron chi connectivity index (χ4n) is 3.02. The van der Waals surface area contributed by atoms with Crippen LogP contribution in [0.25, 0.3) is 0 Å². The largest absolute Gasteiger partial charge is 0.493 e. The number of nitrogens with two attached hydrogens (primary N) is 1. The van der Waals surface area contributed by atoms with Gasteiger partial charge in [-0.15, -0.1) is 0 Å². The van der Waals surface area contributed by atoms with E-state index in [0.717, 1.165) is 12.8 Å². The molecule has 0 radical (unpaired) electrons. The lowest BCUT2D eigenvalue weighted by molar-refractivity contribution is 0.250. The molecule has 0 aromatic heterocycles. The average Bonchev–Trinajstić information content (AvgIpc) is 2.54. The van der Waals surface area contributed by atoms with Gasteiger partial charge in [-0.05, 0) is 44.2 Å². The first-order valence-electron chi connectivity index (χ1n) is 7.79. The molecule has 6 nitrogen and oxygen atoms in total. The second-order valence-corrected chi connectivity index (χ2v) is 7.98. The van der Waals surface area contributed by atoms with Crippen LogP contribution in [0.3, 0.4) is 0 Å². The number of nitrogens with zero attached hydrogens (tertiary/aromatic N) is 1. The number of aryl methyl sites for hydroxylation is 1. The Balaban J connectivity index is 2.30. The van der Waals surface area contributed by atoms with E-state index in [2.05, 4.69) is 0 Å². The molecule has 1 heterocycles. The number of piperidine rings is 1. The Labute approximate surface area is 138 Å². The number of benzene rings is 1. The van der Waals surface area contributed by atoms with Gasteiger partial charge in [0.1, 0.15) is 0 Å². The normalized spacial score (nSPS) is 18.7. The van der Waals surface area contributed by atoms with E-state index in [-0.39, 0.29) is 10.9 Å². The predicted molar refractivity (Wildman–Crippen MR) is 89.4 cm³/mol. The third-order valence-corrected chi connectivity index (χ3v) is 6.58. The van der Waals surface area contributed by atoms with Crippen LogP contribution >= 0.6 is 0 Å². The maximum Gasteiger partial charge on any atom is 0.243 e. The van der Waals surface area contributed by atoms with Crippen LogP contribution in [0.5, 0.6) is 11.5 Å². The van der Waals surface area contributed by atoms with Crippen LogP contribution in [0.2, 0.25) is 0 Å². The van der Waals surface area contributed by atoms with Crippen molar-refractivity contribution >= 4 is 10.0 Å². The van der Waals surface area contributed by atoms with Gasteiger partial charge in [-0.1, -0.05) is 0 Å². The SMILES string of the molecule is COc1cc(C)c(S(=O)(=O)N2CCC(C(C)N)CC2)cc1OC. The van der Waals surface area contributed by atoms with Gasteiger partial charge in [-0.3, -0.25) is 0 Å². The van der Waals surface area contributed by atoms with Gasteiger partial charge >= 0.3 is 0 Å². The first-order valence-corrected chi connectivity index (χ1v) is 9.23. The van der Waals surface area contributed by atoms with E-state index in [9.17, 15) is 8.42 Å². The van der Waals surface area contributed by atoms with E-state index in [1.807, 2.05) is 6.92 Å². The summed E-state index contributed by atoms with van der Waals surface area (Å²) in [6.45, 7) is 4.75. The molecule has 1 aromatic carbocycles. The zero-order valence-corrected chi connectivity index (χ0v) is 15.0. The van der Waals surface area contributed by atoms with Crippen molar-refractivity contribution in [3.05, 3.63) is 17.7 Å². The molecule has 23 heavy (non-hydrogen) atoms. The van der Waals surface area contributed by atoms with E-state index >= 15 is 0 Å². The number of ether oxygens (including phenoxy) is 2. The van der Waals surface area contributed by atoms with Crippen LogP contribution in [-0.2, 0) is 10.0 Å². The molecular formula is C16H26N2O4S. The van der Waals surface area contributed by atoms with Crippen molar-refractivity contribution in [3.63, 3.8) is 0 Å². The third-order valence-electron chi connectivity index (χ3n) is 4.54. The highest BCUT2D eigenvalue weighted by Crippen LogP contribution is 2.34. The van der Waals surface area contributed by atoms with E-state index in [1.54, 1.807) is 23.4 Å². The molecule has 1 aliphatic heterocycles. The molecular weight excluding hydrogens is 316 g/mol. The molecule has 0 amide bonds. The van der Waals surface area contributed by atoms with Crippen molar-refractivity contribution < 1.29 is 17.9 Å². The molecule has 1 aromatic rings. The highest BCUT2D eigenvalue weighted by molar-refractivity contribution is 7.89. The summed E-state index contributed by atoms with van der Waals surface area (Å²) in [6.07, 6.45) is 1.59. The van der Waals surface area contributed by atoms with Crippen LogP contribution in [0.4, 0.5) is 0 Å². The van der Waals surface area contributed by atoms with Crippen LogP contribution in [-0.4, -0.2) is 46.1 Å². The minimum atomic E-state index is -3.54. The van der Waals surface area contributed by atoms with Crippen molar-refractivity contribution in [3.8, 4) is 11.5 Å². The van der Waals surface area contributed by atoms with Crippen LogP contribution < -0.4 is 15.2 Å². The van der Waals surface area contributed by atoms with E-state index in [4.69, 9.17) is 15.2 Å². The molecule has 0 spiro atoms. The Morgan fingerprint density at radius 1 is 1.17 bits per heavy atom. The van der Waals surface area contributed by atoms with Crippen molar-refractivity contribution in [1.29, 1.82) is 0 Å². The Morgan fingerprint density at radius 3 is 2.17 bits per heavy atom. The minimum absolute atomic E-state index is 0.0997. The lowest BCUT2D eigenvalue weighted by Crippen LogP contribution is -2.42. The van der Waals surface area contributed by atoms with Gasteiger partial charge in [-0.25, -0.2) is 8.42 Å². The fraction of sp³-hybridized carbons (Fsp3) is 0.625. The Bertz CT molecular complexity index is 650. The molecule has 0 saturated carbocycles. The zero-order valence-electron chi connectivity index (χ0n) is 14.2. The lowest BCUT2D eigenvalue weighted by atomic mass is 9.92. The second kappa shape index (κ2) is 7.07. The van der Waals surface area contributed by atoms with Gasteiger partial charge in [0.05, 0.1) is 19.1 Å². The summed E-state index contributed by atoms with van der Waals surface area (Å²) in [5, 5.41) is 0. The summed E-state index contributed by atoms with van der Waals surface area (Å²) in [4.78, 5) is 0.273. The molecule has 1 unspecified atom stereocenters. The maximum absolute atomic E-state index is 13.0. The number of hydrogen-bond acceptors (Lipinski definition) is 5. The van der Waals surface area contributed by atoms with Gasteiger partial charge in [0.25, 0.3) is 0 Å². The van der Waals surface area contributed by atoms with E-state index in [1.165, 1.54) is 14.2 Å². The average molecular weight is 342 g/mol. The van der Waals surface area contributed by atoms with Gasteiger partial charge in [0.2, 0.25) is 10.0 Å². The highest BCUT2D eigenvalue weighted by atomic mass is 32.2. The Kier molecular flexibility index (Phi) is 5.54. The maximum atomic E-state index is 13.0. The van der Waals surface area contributed by atoms with Crippen molar-refractivity contribution in [2.24, 2.45) is 11.7 Å². The van der Waals surface area contributed by atoms with Gasteiger partial charge in [0.15, 0.2) is 11.5 Å². The number of sulfonamides is 1. The first-order chi connectivity index (χ1) is 10.8. The molecule has 7 heteroatoms. The Hall–Kier alpha value is -1.31. The fourth-order valence-corrected chi connectivity index (χ4v) is 4.71. The first kappa shape index (κ1) is 18.0. The van der Waals surface area contributed by atoms with Crippen LogP contribution in [0.15, 0.2) is 17.0 Å². The molecule has 0 bridgehead atoms.